The predicted octanol–water partition coefficient (Wildman–Crippen LogP) is 6.36. The summed E-state index contributed by atoms with van der Waals surface area (Å²) in [7, 11) is -4.32. The third-order valence-corrected chi connectivity index (χ3v) is 6.41. The standard InChI is InChI=1S/C24H17Cl3N2O5S/c1-2-33-20-7-5-19(6-8-20)29-24(30)16(14-28)11-15-12-18(26)13-22(27)23(15)34-35(31,32)21-9-3-17(25)4-10-21/h3-13H,2H2,1H3,(H,29,30)/b16-11+. The van der Waals surface area contributed by atoms with Gasteiger partial charge in [-0.15, -0.1) is 0 Å². The fourth-order valence-electron chi connectivity index (χ4n) is 2.84. The molecule has 0 bridgehead atoms. The number of hydrogen-bond acceptors (Lipinski definition) is 6. The average molecular weight is 552 g/mol. The van der Waals surface area contributed by atoms with E-state index in [1.165, 1.54) is 36.4 Å². The first-order chi connectivity index (χ1) is 16.6. The minimum absolute atomic E-state index is 0.0124. The molecule has 1 N–H and O–H groups in total. The van der Waals surface area contributed by atoms with E-state index in [2.05, 4.69) is 5.32 Å². The summed E-state index contributed by atoms with van der Waals surface area (Å²) in [6, 6.07) is 16.3. The van der Waals surface area contributed by atoms with Crippen LogP contribution in [0.15, 0.2) is 71.1 Å². The van der Waals surface area contributed by atoms with Crippen LogP contribution in [0.3, 0.4) is 0 Å². The fourth-order valence-corrected chi connectivity index (χ4v) is 4.53. The van der Waals surface area contributed by atoms with Crippen LogP contribution in [0.5, 0.6) is 11.5 Å². The number of halogens is 3. The quantitative estimate of drug-likeness (QED) is 0.198. The van der Waals surface area contributed by atoms with Crippen molar-refractivity contribution in [2.45, 2.75) is 11.8 Å². The Labute approximate surface area is 217 Å². The molecule has 3 rings (SSSR count). The summed E-state index contributed by atoms with van der Waals surface area (Å²) in [5, 5.41) is 12.5. The van der Waals surface area contributed by atoms with Crippen LogP contribution in [-0.2, 0) is 14.9 Å². The molecule has 7 nitrogen and oxygen atoms in total. The molecule has 0 radical (unpaired) electrons. The van der Waals surface area contributed by atoms with Gasteiger partial charge in [0.15, 0.2) is 5.75 Å². The van der Waals surface area contributed by atoms with Crippen LogP contribution in [0.4, 0.5) is 5.69 Å². The highest BCUT2D eigenvalue weighted by molar-refractivity contribution is 7.87. The van der Waals surface area contributed by atoms with Crippen LogP contribution in [0.25, 0.3) is 6.08 Å². The van der Waals surface area contributed by atoms with Gasteiger partial charge in [0.2, 0.25) is 0 Å². The van der Waals surface area contributed by atoms with E-state index in [4.69, 9.17) is 43.7 Å². The Balaban J connectivity index is 1.94. The summed E-state index contributed by atoms with van der Waals surface area (Å²) in [6.07, 6.45) is 1.13. The second kappa shape index (κ2) is 11.5. The maximum atomic E-state index is 12.8. The Morgan fingerprint density at radius 1 is 1.03 bits per heavy atom. The van der Waals surface area contributed by atoms with Gasteiger partial charge in [-0.05, 0) is 73.7 Å². The highest BCUT2D eigenvalue weighted by Gasteiger charge is 2.22. The van der Waals surface area contributed by atoms with E-state index in [1.807, 2.05) is 6.92 Å². The number of nitriles is 1. The van der Waals surface area contributed by atoms with E-state index in [-0.39, 0.29) is 31.8 Å². The van der Waals surface area contributed by atoms with Crippen molar-refractivity contribution in [2.24, 2.45) is 0 Å². The number of hydrogen-bond donors (Lipinski definition) is 1. The number of amides is 1. The Hall–Kier alpha value is -3.22. The van der Waals surface area contributed by atoms with Gasteiger partial charge in [0.05, 0.1) is 11.6 Å². The number of benzene rings is 3. The van der Waals surface area contributed by atoms with E-state index in [1.54, 1.807) is 30.3 Å². The molecule has 0 unspecified atom stereocenters. The second-order valence-corrected chi connectivity index (χ2v) is 9.71. The molecular formula is C24H17Cl3N2O5S. The Morgan fingerprint density at radius 2 is 1.69 bits per heavy atom. The molecule has 0 fully saturated rings. The Bertz CT molecular complexity index is 1420. The van der Waals surface area contributed by atoms with Crippen molar-refractivity contribution in [1.29, 1.82) is 5.26 Å². The minimum Gasteiger partial charge on any atom is -0.494 e. The van der Waals surface area contributed by atoms with Crippen LogP contribution in [0.2, 0.25) is 15.1 Å². The lowest BCUT2D eigenvalue weighted by Gasteiger charge is -2.12. The van der Waals surface area contributed by atoms with Crippen LogP contribution in [0.1, 0.15) is 12.5 Å². The molecule has 3 aromatic carbocycles. The van der Waals surface area contributed by atoms with Gasteiger partial charge in [-0.1, -0.05) is 34.8 Å². The van der Waals surface area contributed by atoms with Gasteiger partial charge in [-0.3, -0.25) is 4.79 Å². The summed E-state index contributed by atoms with van der Waals surface area (Å²) in [4.78, 5) is 12.5. The van der Waals surface area contributed by atoms with Crippen LogP contribution >= 0.6 is 34.8 Å². The molecule has 0 aromatic heterocycles. The number of ether oxygens (including phenoxy) is 1. The van der Waals surface area contributed by atoms with Gasteiger partial charge in [0.1, 0.15) is 22.3 Å². The van der Waals surface area contributed by atoms with Crippen LogP contribution < -0.4 is 14.2 Å². The van der Waals surface area contributed by atoms with Gasteiger partial charge >= 0.3 is 10.1 Å². The van der Waals surface area contributed by atoms with E-state index < -0.39 is 16.0 Å². The zero-order valence-corrected chi connectivity index (χ0v) is 21.2. The molecule has 0 aliphatic heterocycles. The van der Waals surface area contributed by atoms with Crippen molar-refractivity contribution in [3.05, 3.63) is 86.9 Å². The van der Waals surface area contributed by atoms with Crippen molar-refractivity contribution in [2.75, 3.05) is 11.9 Å². The molecule has 0 heterocycles. The second-order valence-electron chi connectivity index (χ2n) is 6.88. The van der Waals surface area contributed by atoms with Crippen LogP contribution in [-0.4, -0.2) is 20.9 Å². The highest BCUT2D eigenvalue weighted by atomic mass is 35.5. The number of carbonyl (C=O) groups is 1. The molecule has 11 heteroatoms. The van der Waals surface area contributed by atoms with Crippen molar-refractivity contribution in [1.82, 2.24) is 0 Å². The highest BCUT2D eigenvalue weighted by Crippen LogP contribution is 2.36. The first-order valence-electron chi connectivity index (χ1n) is 9.98. The van der Waals surface area contributed by atoms with Crippen LogP contribution in [0, 0.1) is 11.3 Å². The maximum Gasteiger partial charge on any atom is 0.339 e. The molecule has 35 heavy (non-hydrogen) atoms. The molecule has 0 spiro atoms. The number of carbonyl (C=O) groups excluding carboxylic acids is 1. The van der Waals surface area contributed by atoms with Gasteiger partial charge < -0.3 is 14.2 Å². The third kappa shape index (κ3) is 6.90. The smallest absolute Gasteiger partial charge is 0.339 e. The van der Waals surface area contributed by atoms with Crippen molar-refractivity contribution >= 4 is 62.6 Å². The van der Waals surface area contributed by atoms with Gasteiger partial charge in [0.25, 0.3) is 5.91 Å². The normalized spacial score (nSPS) is 11.5. The van der Waals surface area contributed by atoms with Gasteiger partial charge in [-0.25, -0.2) is 0 Å². The monoisotopic (exact) mass is 550 g/mol. The first kappa shape index (κ1) is 26.4. The zero-order valence-electron chi connectivity index (χ0n) is 18.1. The molecule has 0 atom stereocenters. The SMILES string of the molecule is CCOc1ccc(NC(=O)/C(C#N)=C/c2cc(Cl)cc(Cl)c2OS(=O)(=O)c2ccc(Cl)cc2)cc1. The molecule has 0 aliphatic carbocycles. The topological polar surface area (TPSA) is 105 Å². The first-order valence-corrected chi connectivity index (χ1v) is 12.5. The van der Waals surface area contributed by atoms with Crippen molar-refractivity contribution in [3.63, 3.8) is 0 Å². The van der Waals surface area contributed by atoms with Gasteiger partial charge in [0, 0.05) is 21.3 Å². The number of rotatable bonds is 8. The lowest BCUT2D eigenvalue weighted by atomic mass is 10.1. The Morgan fingerprint density at radius 3 is 2.29 bits per heavy atom. The molecule has 0 aliphatic rings. The minimum atomic E-state index is -4.32. The van der Waals surface area contributed by atoms with E-state index in [9.17, 15) is 18.5 Å². The summed E-state index contributed by atoms with van der Waals surface area (Å²) < 4.78 is 36.2. The third-order valence-electron chi connectivity index (χ3n) is 4.42. The molecular weight excluding hydrogens is 535 g/mol. The zero-order chi connectivity index (χ0) is 25.6. The predicted molar refractivity (Wildman–Crippen MR) is 136 cm³/mol. The summed E-state index contributed by atoms with van der Waals surface area (Å²) in [6.45, 7) is 2.34. The number of anilines is 1. The van der Waals surface area contributed by atoms with E-state index >= 15 is 0 Å². The lowest BCUT2D eigenvalue weighted by molar-refractivity contribution is -0.112. The maximum absolute atomic E-state index is 12.8. The largest absolute Gasteiger partial charge is 0.494 e. The summed E-state index contributed by atoms with van der Waals surface area (Å²) >= 11 is 18.1. The van der Waals surface area contributed by atoms with E-state index in [0.717, 1.165) is 6.08 Å². The lowest BCUT2D eigenvalue weighted by Crippen LogP contribution is -2.14. The molecule has 180 valence electrons. The van der Waals surface area contributed by atoms with E-state index in [0.29, 0.717) is 23.1 Å². The molecule has 1 amide bonds. The molecule has 0 saturated heterocycles. The average Bonchev–Trinajstić information content (AvgIpc) is 2.81. The van der Waals surface area contributed by atoms with Gasteiger partial charge in [-0.2, -0.15) is 13.7 Å². The molecule has 0 saturated carbocycles. The number of nitrogens with zero attached hydrogens (tertiary/aromatic N) is 1. The van der Waals surface area contributed by atoms with Crippen molar-refractivity contribution < 1.29 is 22.1 Å². The summed E-state index contributed by atoms with van der Waals surface area (Å²) in [5.41, 5.74) is 0.0925. The molecule has 3 aromatic rings. The van der Waals surface area contributed by atoms with Crippen molar-refractivity contribution in [3.8, 4) is 17.6 Å². The fraction of sp³-hybridized carbons (Fsp3) is 0.0833. The number of nitrogens with one attached hydrogen (secondary N) is 1. The summed E-state index contributed by atoms with van der Waals surface area (Å²) in [5.74, 6) is -0.411. The Kier molecular flexibility index (Phi) is 8.65.